The number of carbonyl (C=O) groups is 3. The van der Waals surface area contributed by atoms with Gasteiger partial charge >= 0.3 is 12.2 Å². The van der Waals surface area contributed by atoms with Gasteiger partial charge in [-0.3, -0.25) is 20.4 Å². The molecule has 3 aromatic rings. The number of hydrazine groups is 1. The minimum atomic E-state index is -0.657. The lowest BCUT2D eigenvalue weighted by Crippen LogP contribution is -2.30. The normalized spacial score (nSPS) is 15.4. The van der Waals surface area contributed by atoms with Crippen LogP contribution in [0.15, 0.2) is 53.8 Å². The van der Waals surface area contributed by atoms with Crippen molar-refractivity contribution in [3.8, 4) is 11.3 Å². The summed E-state index contributed by atoms with van der Waals surface area (Å²) in [6.45, 7) is 0.170. The molecule has 0 aliphatic carbocycles. The molecule has 0 saturated heterocycles. The number of nitrogens with two attached hydrogens (primary N) is 2. The number of rotatable bonds is 6. The Morgan fingerprint density at radius 2 is 2.10 bits per heavy atom. The van der Waals surface area contributed by atoms with Crippen LogP contribution in [0, 0.1) is 0 Å². The number of hydrogen-bond acceptors (Lipinski definition) is 9. The number of ether oxygens (including phenoxy) is 2. The fraction of sp³-hybridized carbons (Fsp3) is 0.222. The second-order valence-electron chi connectivity index (χ2n) is 9.09. The molecule has 1 atom stereocenters. The van der Waals surface area contributed by atoms with Gasteiger partial charge in [0.2, 0.25) is 5.91 Å². The van der Waals surface area contributed by atoms with Crippen molar-refractivity contribution < 1.29 is 23.9 Å². The molecule has 0 spiro atoms. The van der Waals surface area contributed by atoms with Gasteiger partial charge in [-0.1, -0.05) is 11.6 Å². The number of hydrazone groups is 1. The molecule has 1 aromatic heterocycles. The summed E-state index contributed by atoms with van der Waals surface area (Å²) < 4.78 is 9.97. The van der Waals surface area contributed by atoms with Gasteiger partial charge in [0.05, 0.1) is 43.0 Å². The summed E-state index contributed by atoms with van der Waals surface area (Å²) >= 11 is 6.15. The van der Waals surface area contributed by atoms with E-state index in [9.17, 15) is 14.4 Å². The molecule has 0 radical (unpaired) electrons. The number of methoxy groups -OCH3 is 1. The Kier molecular flexibility index (Phi) is 9.97. The van der Waals surface area contributed by atoms with Crippen LogP contribution in [0.4, 0.5) is 26.7 Å². The lowest BCUT2D eigenvalue weighted by Gasteiger charge is -2.17. The standard InChI is InChI=1S/C27H30ClN9O5/c1-41-26(39)33-18-7-8-19-21(13-18)36-27(40)42-11-3-2-4-20(25-31-14-22(19)35-25)34-24(38)10-5-16-12-17(28)6-9-23(16)37(30)15-32-29/h5-10,12-15,20H,2-4,11,29-30H2,1H3,(H,31,35)(H,33,39)(H,34,38)(H,36,40)/b10-5+,32-15-/t20-/m0/s1. The van der Waals surface area contributed by atoms with Crippen molar-refractivity contribution in [1.29, 1.82) is 0 Å². The molecular formula is C27H30ClN9O5. The Bertz CT molecular complexity index is 1510. The third-order valence-corrected chi connectivity index (χ3v) is 6.45. The second-order valence-corrected chi connectivity index (χ2v) is 9.52. The van der Waals surface area contributed by atoms with E-state index in [1.54, 1.807) is 48.7 Å². The Morgan fingerprint density at radius 1 is 1.26 bits per heavy atom. The number of anilines is 3. The average Bonchev–Trinajstić information content (AvgIpc) is 3.45. The molecule has 1 aliphatic heterocycles. The van der Waals surface area contributed by atoms with Crippen LogP contribution in [0.1, 0.15) is 36.7 Å². The number of halogens is 1. The molecule has 8 N–H and O–H groups in total. The lowest BCUT2D eigenvalue weighted by atomic mass is 10.1. The molecule has 2 heterocycles. The predicted molar refractivity (Wildman–Crippen MR) is 160 cm³/mol. The van der Waals surface area contributed by atoms with Gasteiger partial charge in [0, 0.05) is 27.9 Å². The molecule has 2 bridgehead atoms. The molecule has 4 rings (SSSR count). The van der Waals surface area contributed by atoms with Gasteiger partial charge in [0.1, 0.15) is 12.2 Å². The summed E-state index contributed by atoms with van der Waals surface area (Å²) in [5.74, 6) is 11.3. The summed E-state index contributed by atoms with van der Waals surface area (Å²) in [6.07, 6.45) is 6.19. The van der Waals surface area contributed by atoms with E-state index in [1.165, 1.54) is 24.5 Å². The number of hydrogen-bond donors (Lipinski definition) is 6. The summed E-state index contributed by atoms with van der Waals surface area (Å²) in [5, 5.41) is 13.3. The summed E-state index contributed by atoms with van der Waals surface area (Å²) in [6, 6.07) is 9.44. The van der Waals surface area contributed by atoms with Crippen LogP contribution in [0.25, 0.3) is 17.3 Å². The predicted octanol–water partition coefficient (Wildman–Crippen LogP) is 4.09. The van der Waals surface area contributed by atoms with Gasteiger partial charge < -0.3 is 25.6 Å². The molecule has 1 aliphatic rings. The van der Waals surface area contributed by atoms with E-state index in [-0.39, 0.29) is 12.5 Å². The number of imidazole rings is 1. The first-order chi connectivity index (χ1) is 20.3. The molecule has 0 unspecified atom stereocenters. The first-order valence-electron chi connectivity index (χ1n) is 12.8. The van der Waals surface area contributed by atoms with E-state index in [4.69, 9.17) is 28.0 Å². The first kappa shape index (κ1) is 29.9. The molecule has 15 heteroatoms. The van der Waals surface area contributed by atoms with E-state index >= 15 is 0 Å². The topological polar surface area (TPSA) is 202 Å². The monoisotopic (exact) mass is 595 g/mol. The maximum Gasteiger partial charge on any atom is 0.411 e. The molecule has 0 saturated carbocycles. The highest BCUT2D eigenvalue weighted by atomic mass is 35.5. The number of benzene rings is 2. The van der Waals surface area contributed by atoms with Crippen molar-refractivity contribution in [1.82, 2.24) is 15.3 Å². The fourth-order valence-electron chi connectivity index (χ4n) is 4.23. The molecule has 14 nitrogen and oxygen atoms in total. The Morgan fingerprint density at radius 3 is 2.88 bits per heavy atom. The summed E-state index contributed by atoms with van der Waals surface area (Å²) in [5.41, 5.74) is 3.04. The highest BCUT2D eigenvalue weighted by Gasteiger charge is 2.20. The van der Waals surface area contributed by atoms with Crippen molar-refractivity contribution in [3.63, 3.8) is 0 Å². The van der Waals surface area contributed by atoms with Crippen LogP contribution in [-0.2, 0) is 14.3 Å². The zero-order chi connectivity index (χ0) is 30.1. The van der Waals surface area contributed by atoms with Gasteiger partial charge in [-0.2, -0.15) is 5.10 Å². The first-order valence-corrected chi connectivity index (χ1v) is 13.2. The van der Waals surface area contributed by atoms with Crippen LogP contribution >= 0.6 is 11.6 Å². The molecule has 42 heavy (non-hydrogen) atoms. The van der Waals surface area contributed by atoms with E-state index < -0.39 is 18.2 Å². The van der Waals surface area contributed by atoms with Gasteiger partial charge in [0.25, 0.3) is 0 Å². The third kappa shape index (κ3) is 7.77. The Hall–Kier alpha value is -5.08. The Balaban J connectivity index is 1.59. The second kappa shape index (κ2) is 14.0. The van der Waals surface area contributed by atoms with E-state index in [2.05, 4.69) is 35.8 Å². The highest BCUT2D eigenvalue weighted by molar-refractivity contribution is 6.30. The number of H-pyrrole nitrogens is 1. The lowest BCUT2D eigenvalue weighted by molar-refractivity contribution is -0.117. The summed E-state index contributed by atoms with van der Waals surface area (Å²) in [4.78, 5) is 44.9. The molecule has 220 valence electrons. The fourth-order valence-corrected chi connectivity index (χ4v) is 4.41. The number of nitrogens with zero attached hydrogens (tertiary/aromatic N) is 3. The number of aromatic nitrogens is 2. The van der Waals surface area contributed by atoms with Crippen LogP contribution in [0.3, 0.4) is 0 Å². The molecule has 0 fully saturated rings. The number of aromatic amines is 1. The van der Waals surface area contributed by atoms with Gasteiger partial charge in [-0.25, -0.2) is 20.4 Å². The maximum absolute atomic E-state index is 13.0. The molecular weight excluding hydrogens is 566 g/mol. The van der Waals surface area contributed by atoms with E-state index in [0.717, 1.165) is 0 Å². The van der Waals surface area contributed by atoms with Gasteiger partial charge in [0.15, 0.2) is 0 Å². The number of fused-ring (bicyclic) bond motifs is 4. The van der Waals surface area contributed by atoms with Crippen LogP contribution in [-0.4, -0.2) is 48.1 Å². The largest absolute Gasteiger partial charge is 0.453 e. The van der Waals surface area contributed by atoms with Crippen molar-refractivity contribution in [3.05, 3.63) is 65.1 Å². The zero-order valence-corrected chi connectivity index (χ0v) is 23.4. The minimum absolute atomic E-state index is 0.170. The van der Waals surface area contributed by atoms with Crippen LogP contribution in [0.2, 0.25) is 5.02 Å². The summed E-state index contributed by atoms with van der Waals surface area (Å²) in [7, 11) is 1.25. The molecule has 2 aromatic carbocycles. The SMILES string of the molecule is COC(=O)Nc1ccc2c(c1)NC(=O)OCCCC[C@H](NC(=O)/C=C/c1cc(Cl)ccc1N(N)/C=N\N)c1ncc-2[nH]1. The quantitative estimate of drug-likeness (QED) is 0.0797. The minimum Gasteiger partial charge on any atom is -0.453 e. The van der Waals surface area contributed by atoms with Crippen molar-refractivity contribution in [2.45, 2.75) is 25.3 Å². The van der Waals surface area contributed by atoms with Gasteiger partial charge in [-0.15, -0.1) is 0 Å². The van der Waals surface area contributed by atoms with Crippen LogP contribution in [0.5, 0.6) is 0 Å². The third-order valence-electron chi connectivity index (χ3n) is 6.21. The maximum atomic E-state index is 13.0. The van der Waals surface area contributed by atoms with Gasteiger partial charge in [-0.05, 0) is 61.7 Å². The van der Waals surface area contributed by atoms with E-state index in [0.29, 0.717) is 64.0 Å². The average molecular weight is 596 g/mol. The number of cyclic esters (lactones) is 1. The van der Waals surface area contributed by atoms with Crippen molar-refractivity contribution in [2.24, 2.45) is 16.8 Å². The van der Waals surface area contributed by atoms with Crippen molar-refractivity contribution in [2.75, 3.05) is 29.4 Å². The van der Waals surface area contributed by atoms with Crippen LogP contribution < -0.4 is 32.6 Å². The zero-order valence-electron chi connectivity index (χ0n) is 22.6. The number of nitrogens with one attached hydrogen (secondary N) is 4. The highest BCUT2D eigenvalue weighted by Crippen LogP contribution is 2.32. The number of amides is 3. The van der Waals surface area contributed by atoms with Crippen molar-refractivity contribution >= 4 is 59.2 Å². The Labute approximate surface area is 246 Å². The van der Waals surface area contributed by atoms with E-state index in [1.807, 2.05) is 0 Å². The molecule has 3 amide bonds. The smallest absolute Gasteiger partial charge is 0.411 e. The number of carbonyl (C=O) groups excluding carboxylic acids is 3.